The molecule has 1 fully saturated rings. The monoisotopic (exact) mass is 406 g/mol. The van der Waals surface area contributed by atoms with Crippen molar-refractivity contribution >= 4 is 26.5 Å². The molecule has 0 aromatic heterocycles. The SMILES string of the molecule is O=CCN1CCCN(CC=O)CCN(CP(=O)(O)O)CCN(CC=O)CC1. The van der Waals surface area contributed by atoms with Crippen LogP contribution in [0.1, 0.15) is 6.42 Å². The summed E-state index contributed by atoms with van der Waals surface area (Å²) in [5.41, 5.74) is 0. The van der Waals surface area contributed by atoms with Gasteiger partial charge in [-0.25, -0.2) is 0 Å². The Morgan fingerprint density at radius 2 is 0.963 bits per heavy atom. The van der Waals surface area contributed by atoms with E-state index in [9.17, 15) is 28.7 Å². The van der Waals surface area contributed by atoms with Crippen molar-refractivity contribution in [2.24, 2.45) is 0 Å². The Bertz CT molecular complexity index is 503. The van der Waals surface area contributed by atoms with Gasteiger partial charge >= 0.3 is 7.60 Å². The van der Waals surface area contributed by atoms with Crippen LogP contribution in [0.25, 0.3) is 0 Å². The molecule has 0 atom stereocenters. The number of aldehydes is 3. The van der Waals surface area contributed by atoms with Crippen LogP contribution in [-0.4, -0.2) is 127 Å². The van der Waals surface area contributed by atoms with Crippen LogP contribution < -0.4 is 0 Å². The highest BCUT2D eigenvalue weighted by Crippen LogP contribution is 2.34. The van der Waals surface area contributed by atoms with Crippen molar-refractivity contribution in [3.8, 4) is 0 Å². The van der Waals surface area contributed by atoms with Crippen molar-refractivity contribution in [3.63, 3.8) is 0 Å². The fourth-order valence-electron chi connectivity index (χ4n) is 3.08. The minimum atomic E-state index is -4.21. The summed E-state index contributed by atoms with van der Waals surface area (Å²) in [4.78, 5) is 59.0. The molecule has 0 amide bonds. The van der Waals surface area contributed by atoms with Crippen LogP contribution in [0.2, 0.25) is 0 Å². The van der Waals surface area contributed by atoms with E-state index >= 15 is 0 Å². The normalized spacial score (nSPS) is 21.0. The number of hydrogen-bond donors (Lipinski definition) is 2. The summed E-state index contributed by atoms with van der Waals surface area (Å²) >= 11 is 0. The Morgan fingerprint density at radius 1 is 0.630 bits per heavy atom. The summed E-state index contributed by atoms with van der Waals surface area (Å²) in [5, 5.41) is 0. The quantitative estimate of drug-likeness (QED) is 0.357. The zero-order chi connectivity index (χ0) is 20.1. The van der Waals surface area contributed by atoms with Crippen molar-refractivity contribution in [3.05, 3.63) is 0 Å². The maximum Gasteiger partial charge on any atom is 0.339 e. The summed E-state index contributed by atoms with van der Waals surface area (Å²) in [6.45, 7) is 5.21. The van der Waals surface area contributed by atoms with Gasteiger partial charge in [-0.2, -0.15) is 0 Å². The van der Waals surface area contributed by atoms with E-state index in [-0.39, 0.29) is 19.4 Å². The third kappa shape index (κ3) is 11.4. The zero-order valence-electron chi connectivity index (χ0n) is 15.7. The van der Waals surface area contributed by atoms with Gasteiger partial charge in [0.1, 0.15) is 25.1 Å². The number of rotatable bonds is 8. The van der Waals surface area contributed by atoms with Crippen LogP contribution in [0.3, 0.4) is 0 Å². The van der Waals surface area contributed by atoms with E-state index in [0.29, 0.717) is 58.9 Å². The van der Waals surface area contributed by atoms with E-state index in [1.54, 1.807) is 4.90 Å². The summed E-state index contributed by atoms with van der Waals surface area (Å²) < 4.78 is 11.4. The van der Waals surface area contributed by atoms with Gasteiger partial charge in [-0.1, -0.05) is 0 Å². The molecule has 1 saturated heterocycles. The molecule has 0 aromatic rings. The standard InChI is InChI=1S/C16H31N4O6P/c21-13-10-17-2-1-3-18(11-14-22)6-8-20(16-27(24,25)26)9-7-19(5-4-17)12-15-23/h13-15H,1-12,16H2,(H2,24,25,26). The first-order valence-corrected chi connectivity index (χ1v) is 10.9. The molecule has 11 heteroatoms. The molecule has 0 saturated carbocycles. The number of carbonyl (C=O) groups is 3. The van der Waals surface area contributed by atoms with Gasteiger partial charge in [0.15, 0.2) is 0 Å². The summed E-state index contributed by atoms with van der Waals surface area (Å²) in [7, 11) is -4.21. The van der Waals surface area contributed by atoms with Crippen molar-refractivity contribution in [1.29, 1.82) is 0 Å². The van der Waals surface area contributed by atoms with E-state index in [1.165, 1.54) is 0 Å². The van der Waals surface area contributed by atoms with Crippen LogP contribution in [0.15, 0.2) is 0 Å². The predicted octanol–water partition coefficient (Wildman–Crippen LogP) is -1.67. The molecule has 0 aromatic carbocycles. The van der Waals surface area contributed by atoms with Crippen molar-refractivity contribution in [1.82, 2.24) is 19.6 Å². The minimum absolute atomic E-state index is 0.232. The van der Waals surface area contributed by atoms with Crippen molar-refractivity contribution in [2.45, 2.75) is 6.42 Å². The highest BCUT2D eigenvalue weighted by molar-refractivity contribution is 7.51. The molecular weight excluding hydrogens is 375 g/mol. The van der Waals surface area contributed by atoms with Crippen LogP contribution in [-0.2, 0) is 18.9 Å². The summed E-state index contributed by atoms with van der Waals surface area (Å²) in [5.74, 6) is 0. The van der Waals surface area contributed by atoms with Crippen molar-refractivity contribution in [2.75, 3.05) is 78.3 Å². The molecule has 156 valence electrons. The van der Waals surface area contributed by atoms with Crippen molar-refractivity contribution < 1.29 is 28.7 Å². The molecule has 27 heavy (non-hydrogen) atoms. The first-order valence-electron chi connectivity index (χ1n) is 9.13. The lowest BCUT2D eigenvalue weighted by Gasteiger charge is -2.28. The summed E-state index contributed by atoms with van der Waals surface area (Å²) in [6.07, 6.45) is 2.90. The number of carbonyl (C=O) groups excluding carboxylic acids is 3. The Hall–Kier alpha value is -1.00. The third-order valence-corrected chi connectivity index (χ3v) is 5.30. The smallest absolute Gasteiger partial charge is 0.324 e. The molecule has 10 nitrogen and oxygen atoms in total. The average Bonchev–Trinajstić information content (AvgIpc) is 2.60. The lowest BCUT2D eigenvalue weighted by Crippen LogP contribution is -2.42. The number of hydrogen-bond acceptors (Lipinski definition) is 8. The minimum Gasteiger partial charge on any atom is -0.324 e. The topological polar surface area (TPSA) is 122 Å². The van der Waals surface area contributed by atoms with E-state index in [1.807, 2.05) is 14.7 Å². The second-order valence-electron chi connectivity index (χ2n) is 6.68. The molecule has 1 aliphatic heterocycles. The van der Waals surface area contributed by atoms with Gasteiger partial charge in [0, 0.05) is 39.3 Å². The zero-order valence-corrected chi connectivity index (χ0v) is 16.6. The number of nitrogens with zero attached hydrogens (tertiary/aromatic N) is 4. The van der Waals surface area contributed by atoms with Gasteiger partial charge in [0.25, 0.3) is 0 Å². The molecule has 0 radical (unpaired) electrons. The second kappa shape index (κ2) is 13.2. The van der Waals surface area contributed by atoms with Crippen LogP contribution in [0.5, 0.6) is 0 Å². The Labute approximate surface area is 160 Å². The van der Waals surface area contributed by atoms with Gasteiger partial charge in [-0.15, -0.1) is 0 Å². The van der Waals surface area contributed by atoms with Gasteiger partial charge in [-0.3, -0.25) is 24.2 Å². The molecule has 0 spiro atoms. The van der Waals surface area contributed by atoms with Gasteiger partial charge < -0.3 is 24.2 Å². The second-order valence-corrected chi connectivity index (χ2v) is 8.29. The first-order chi connectivity index (χ1) is 12.9. The molecule has 1 aliphatic rings. The fourth-order valence-corrected chi connectivity index (χ4v) is 3.88. The molecule has 0 unspecified atom stereocenters. The largest absolute Gasteiger partial charge is 0.339 e. The maximum absolute atomic E-state index is 11.4. The highest BCUT2D eigenvalue weighted by atomic mass is 31.2. The molecule has 1 heterocycles. The molecule has 1 rings (SSSR count). The van der Waals surface area contributed by atoms with E-state index < -0.39 is 7.60 Å². The molecule has 0 bridgehead atoms. The average molecular weight is 406 g/mol. The van der Waals surface area contributed by atoms with Gasteiger partial charge in [0.2, 0.25) is 0 Å². The predicted molar refractivity (Wildman–Crippen MR) is 101 cm³/mol. The highest BCUT2D eigenvalue weighted by Gasteiger charge is 2.21. The fraction of sp³-hybridized carbons (Fsp3) is 0.812. The Kier molecular flexibility index (Phi) is 11.8. The van der Waals surface area contributed by atoms with Crippen LogP contribution in [0.4, 0.5) is 0 Å². The Morgan fingerprint density at radius 3 is 1.30 bits per heavy atom. The van der Waals surface area contributed by atoms with E-state index in [0.717, 1.165) is 25.3 Å². The van der Waals surface area contributed by atoms with Crippen LogP contribution >= 0.6 is 7.60 Å². The van der Waals surface area contributed by atoms with Crippen LogP contribution in [0, 0.1) is 0 Å². The summed E-state index contributed by atoms with van der Waals surface area (Å²) in [6, 6.07) is 0. The Balaban J connectivity index is 2.85. The van der Waals surface area contributed by atoms with Gasteiger partial charge in [-0.05, 0) is 19.5 Å². The third-order valence-electron chi connectivity index (χ3n) is 4.53. The lowest BCUT2D eigenvalue weighted by atomic mass is 10.3. The first kappa shape index (κ1) is 24.0. The maximum atomic E-state index is 11.4. The van der Waals surface area contributed by atoms with E-state index in [2.05, 4.69) is 0 Å². The molecule has 2 N–H and O–H groups in total. The van der Waals surface area contributed by atoms with Gasteiger partial charge in [0.05, 0.1) is 19.6 Å². The lowest BCUT2D eigenvalue weighted by molar-refractivity contribution is -0.110. The molecule has 0 aliphatic carbocycles. The van der Waals surface area contributed by atoms with E-state index in [4.69, 9.17) is 0 Å². The molecular formula is C16H31N4O6P.